The highest BCUT2D eigenvalue weighted by molar-refractivity contribution is 5.90. The van der Waals surface area contributed by atoms with E-state index >= 15 is 0 Å². The number of β-amino-alcohol motifs (C(OH)–C–C–N with tert-alkyl or cyclic N) is 1. The Morgan fingerprint density at radius 2 is 1.45 bits per heavy atom. The molecule has 4 amide bonds. The molecule has 0 unspecified atom stereocenters. The van der Waals surface area contributed by atoms with Crippen molar-refractivity contribution in [1.29, 1.82) is 0 Å². The first-order chi connectivity index (χ1) is 24.3. The van der Waals surface area contributed by atoms with Crippen molar-refractivity contribution in [3.05, 3.63) is 70.8 Å². The molecule has 12 heteroatoms. The van der Waals surface area contributed by atoms with Gasteiger partial charge in [0.2, 0.25) is 17.7 Å². The van der Waals surface area contributed by atoms with Crippen molar-refractivity contribution in [3.63, 3.8) is 0 Å². The average molecular weight is 702 g/mol. The standard InChI is InChI=1S/C39H51N5O7/c1-26(2)37(48)43-24-31(41-36(47)34-21-32(45)25-44(34)38(49)51-39(3,4)5)20-33(43)35(46)40-22-29-12-8-27(9-13-29)6-7-28-10-14-30(15-11-28)23-42-16-18-50-19-17-42/h8-15,26,31-34,45H,16-25H2,1-5H3,(H,40,46)(H,41,47)/t31-,32+,33-,34+/m1/s1. The maximum Gasteiger partial charge on any atom is 0.411 e. The van der Waals surface area contributed by atoms with Crippen LogP contribution < -0.4 is 10.6 Å². The van der Waals surface area contributed by atoms with Crippen LogP contribution in [0.2, 0.25) is 0 Å². The van der Waals surface area contributed by atoms with Crippen LogP contribution in [0.4, 0.5) is 4.79 Å². The van der Waals surface area contributed by atoms with Gasteiger partial charge in [0.05, 0.1) is 25.9 Å². The Balaban J connectivity index is 1.15. The summed E-state index contributed by atoms with van der Waals surface area (Å²) in [5.41, 5.74) is 3.16. The predicted molar refractivity (Wildman–Crippen MR) is 191 cm³/mol. The summed E-state index contributed by atoms with van der Waals surface area (Å²) in [4.78, 5) is 57.9. The van der Waals surface area contributed by atoms with Crippen molar-refractivity contribution in [3.8, 4) is 11.8 Å². The third-order valence-electron chi connectivity index (χ3n) is 9.17. The fourth-order valence-corrected chi connectivity index (χ4v) is 6.51. The monoisotopic (exact) mass is 701 g/mol. The Labute approximate surface area is 300 Å². The lowest BCUT2D eigenvalue weighted by Crippen LogP contribution is -2.50. The summed E-state index contributed by atoms with van der Waals surface area (Å²) in [7, 11) is 0. The molecule has 0 saturated carbocycles. The topological polar surface area (TPSA) is 141 Å². The lowest BCUT2D eigenvalue weighted by atomic mass is 10.1. The summed E-state index contributed by atoms with van der Waals surface area (Å²) in [5.74, 6) is 5.13. The van der Waals surface area contributed by atoms with Crippen LogP contribution in [0.1, 0.15) is 69.7 Å². The van der Waals surface area contributed by atoms with Gasteiger partial charge in [0.25, 0.3) is 0 Å². The highest BCUT2D eigenvalue weighted by Gasteiger charge is 2.44. The number of aliphatic hydroxyl groups is 1. The zero-order valence-corrected chi connectivity index (χ0v) is 30.3. The van der Waals surface area contributed by atoms with Crippen molar-refractivity contribution in [2.24, 2.45) is 5.92 Å². The van der Waals surface area contributed by atoms with Crippen LogP contribution in [0.25, 0.3) is 0 Å². The SMILES string of the molecule is CC(C)C(=O)N1C[C@H](NC(=O)[C@@H]2C[C@H](O)CN2C(=O)OC(C)(C)C)C[C@@H]1C(=O)NCc1ccc(C#Cc2ccc(CN3CCOCC3)cc2)cc1. The predicted octanol–water partition coefficient (Wildman–Crippen LogP) is 2.65. The number of nitrogens with one attached hydrogen (secondary N) is 2. The highest BCUT2D eigenvalue weighted by atomic mass is 16.6. The maximum atomic E-state index is 13.5. The van der Waals surface area contributed by atoms with Gasteiger partial charge >= 0.3 is 6.09 Å². The summed E-state index contributed by atoms with van der Waals surface area (Å²) >= 11 is 0. The largest absolute Gasteiger partial charge is 0.444 e. The highest BCUT2D eigenvalue weighted by Crippen LogP contribution is 2.25. The van der Waals surface area contributed by atoms with Crippen molar-refractivity contribution in [1.82, 2.24) is 25.3 Å². The molecule has 0 aromatic heterocycles. The number of hydrogen-bond acceptors (Lipinski definition) is 8. The molecule has 3 saturated heterocycles. The summed E-state index contributed by atoms with van der Waals surface area (Å²) in [5, 5.41) is 16.2. The van der Waals surface area contributed by atoms with Gasteiger partial charge in [0, 0.05) is 62.2 Å². The van der Waals surface area contributed by atoms with Crippen LogP contribution in [0.5, 0.6) is 0 Å². The molecular formula is C39H51N5O7. The number of rotatable bonds is 8. The molecule has 3 aliphatic heterocycles. The van der Waals surface area contributed by atoms with Crippen LogP contribution in [0.15, 0.2) is 48.5 Å². The zero-order chi connectivity index (χ0) is 36.7. The molecule has 12 nitrogen and oxygen atoms in total. The molecule has 274 valence electrons. The molecule has 5 rings (SSSR count). The quantitative estimate of drug-likeness (QED) is 0.357. The van der Waals surface area contributed by atoms with Gasteiger partial charge in [0.15, 0.2) is 0 Å². The Bertz CT molecular complexity index is 1600. The van der Waals surface area contributed by atoms with Crippen LogP contribution in [-0.2, 0) is 36.9 Å². The van der Waals surface area contributed by atoms with Crippen LogP contribution in [0.3, 0.4) is 0 Å². The molecule has 2 aromatic carbocycles. The number of hydrogen-bond donors (Lipinski definition) is 3. The first-order valence-electron chi connectivity index (χ1n) is 17.8. The number of likely N-dealkylation sites (tertiary alicyclic amines) is 2. The van der Waals surface area contributed by atoms with Crippen molar-refractivity contribution in [2.45, 2.75) is 90.4 Å². The van der Waals surface area contributed by atoms with Gasteiger partial charge in [-0.05, 0) is 62.6 Å². The Kier molecular flexibility index (Phi) is 12.4. The Morgan fingerprint density at radius 3 is 2.04 bits per heavy atom. The third kappa shape index (κ3) is 10.5. The normalized spacial score (nSPS) is 22.3. The van der Waals surface area contributed by atoms with E-state index in [0.717, 1.165) is 49.5 Å². The zero-order valence-electron chi connectivity index (χ0n) is 30.3. The van der Waals surface area contributed by atoms with E-state index in [4.69, 9.17) is 9.47 Å². The van der Waals surface area contributed by atoms with Crippen LogP contribution in [0, 0.1) is 17.8 Å². The molecule has 4 atom stereocenters. The smallest absolute Gasteiger partial charge is 0.411 e. The minimum atomic E-state index is -0.921. The molecular weight excluding hydrogens is 650 g/mol. The van der Waals surface area contributed by atoms with E-state index in [-0.39, 0.29) is 50.2 Å². The average Bonchev–Trinajstić information content (AvgIpc) is 3.70. The van der Waals surface area contributed by atoms with Gasteiger partial charge in [-0.15, -0.1) is 0 Å². The number of nitrogens with zero attached hydrogens (tertiary/aromatic N) is 3. The molecule has 0 spiro atoms. The summed E-state index contributed by atoms with van der Waals surface area (Å²) in [6.07, 6.45) is -1.24. The molecule has 51 heavy (non-hydrogen) atoms. The first-order valence-corrected chi connectivity index (χ1v) is 17.8. The van der Waals surface area contributed by atoms with Gasteiger partial charge in [-0.25, -0.2) is 4.79 Å². The Morgan fingerprint density at radius 1 is 0.863 bits per heavy atom. The number of benzene rings is 2. The molecule has 2 aromatic rings. The number of aliphatic hydroxyl groups excluding tert-OH is 1. The maximum absolute atomic E-state index is 13.5. The second-order valence-corrected chi connectivity index (χ2v) is 14.9. The van der Waals surface area contributed by atoms with E-state index < -0.39 is 41.8 Å². The first kappa shape index (κ1) is 37.8. The summed E-state index contributed by atoms with van der Waals surface area (Å²) in [6, 6.07) is 13.8. The van der Waals surface area contributed by atoms with Gasteiger partial charge in [-0.1, -0.05) is 50.0 Å². The second kappa shape index (κ2) is 16.7. The molecule has 0 aliphatic carbocycles. The number of amides is 4. The summed E-state index contributed by atoms with van der Waals surface area (Å²) in [6.45, 7) is 13.5. The fourth-order valence-electron chi connectivity index (χ4n) is 6.51. The number of carbonyl (C=O) groups is 4. The third-order valence-corrected chi connectivity index (χ3v) is 9.17. The van der Waals surface area contributed by atoms with Crippen molar-refractivity contribution in [2.75, 3.05) is 39.4 Å². The minimum Gasteiger partial charge on any atom is -0.444 e. The van der Waals surface area contributed by atoms with E-state index in [1.54, 1.807) is 34.6 Å². The molecule has 3 N–H and O–H groups in total. The van der Waals surface area contributed by atoms with Gasteiger partial charge in [0.1, 0.15) is 17.7 Å². The lowest BCUT2D eigenvalue weighted by Gasteiger charge is -2.28. The molecule has 0 bridgehead atoms. The fraction of sp³-hybridized carbons (Fsp3) is 0.538. The van der Waals surface area contributed by atoms with E-state index in [9.17, 15) is 24.3 Å². The number of carbonyl (C=O) groups excluding carboxylic acids is 4. The van der Waals surface area contributed by atoms with Gasteiger partial charge in [-0.2, -0.15) is 0 Å². The van der Waals surface area contributed by atoms with Crippen molar-refractivity contribution < 1.29 is 33.8 Å². The molecule has 3 heterocycles. The molecule has 0 radical (unpaired) electrons. The van der Waals surface area contributed by atoms with E-state index in [0.29, 0.717) is 0 Å². The molecule has 3 aliphatic rings. The molecule has 3 fully saturated rings. The van der Waals surface area contributed by atoms with E-state index in [1.165, 1.54) is 15.4 Å². The van der Waals surface area contributed by atoms with Crippen LogP contribution in [-0.4, -0.2) is 113 Å². The minimum absolute atomic E-state index is 0.0158. The lowest BCUT2D eigenvalue weighted by molar-refractivity contribution is -0.140. The number of ether oxygens (including phenoxy) is 2. The van der Waals surface area contributed by atoms with Crippen molar-refractivity contribution >= 4 is 23.8 Å². The Hall–Kier alpha value is -4.44. The van der Waals surface area contributed by atoms with E-state index in [1.807, 2.05) is 36.4 Å². The van der Waals surface area contributed by atoms with Gasteiger partial charge < -0.3 is 30.1 Å². The van der Waals surface area contributed by atoms with E-state index in [2.05, 4.69) is 39.5 Å². The van der Waals surface area contributed by atoms with Crippen LogP contribution >= 0.6 is 0 Å². The second-order valence-electron chi connectivity index (χ2n) is 14.9. The van der Waals surface area contributed by atoms with Gasteiger partial charge in [-0.3, -0.25) is 24.2 Å². The number of morpholine rings is 1. The summed E-state index contributed by atoms with van der Waals surface area (Å²) < 4.78 is 10.9.